The molecule has 0 aliphatic carbocycles. The van der Waals surface area contributed by atoms with Crippen LogP contribution in [-0.2, 0) is 5.54 Å². The number of nitrogens with zero attached hydrogens (tertiary/aromatic N) is 1. The molecule has 1 unspecified atom stereocenters. The van der Waals surface area contributed by atoms with Gasteiger partial charge in [0.15, 0.2) is 0 Å². The monoisotopic (exact) mass is 150 g/mol. The van der Waals surface area contributed by atoms with E-state index in [0.29, 0.717) is 5.54 Å². The summed E-state index contributed by atoms with van der Waals surface area (Å²) < 4.78 is 2.30. The fraction of sp³-hybridized carbons (Fsp3) is 0.556. The average Bonchev–Trinajstić information content (AvgIpc) is 2.55. The smallest absolute Gasteiger partial charge is 0.0547 e. The summed E-state index contributed by atoms with van der Waals surface area (Å²) in [4.78, 5) is 0. The SMILES string of the molecule is CC1(n2cccc2)CCNC1. The second-order valence-electron chi connectivity index (χ2n) is 3.51. The van der Waals surface area contributed by atoms with Gasteiger partial charge in [-0.15, -0.1) is 0 Å². The Labute approximate surface area is 67.2 Å². The van der Waals surface area contributed by atoms with E-state index in [1.54, 1.807) is 0 Å². The molecule has 1 atom stereocenters. The molecule has 2 rings (SSSR count). The van der Waals surface area contributed by atoms with Crippen LogP contribution in [0.25, 0.3) is 0 Å². The summed E-state index contributed by atoms with van der Waals surface area (Å²) in [6.07, 6.45) is 5.53. The highest BCUT2D eigenvalue weighted by Crippen LogP contribution is 2.22. The Hall–Kier alpha value is -0.760. The van der Waals surface area contributed by atoms with Gasteiger partial charge < -0.3 is 9.88 Å². The van der Waals surface area contributed by atoms with Crippen molar-refractivity contribution in [3.63, 3.8) is 0 Å². The number of nitrogens with one attached hydrogen (secondary N) is 1. The van der Waals surface area contributed by atoms with Crippen molar-refractivity contribution in [1.82, 2.24) is 9.88 Å². The maximum Gasteiger partial charge on any atom is 0.0547 e. The minimum atomic E-state index is 0.323. The molecule has 2 heteroatoms. The first-order chi connectivity index (χ1) is 5.31. The van der Waals surface area contributed by atoms with Crippen LogP contribution in [0.15, 0.2) is 24.5 Å². The van der Waals surface area contributed by atoms with Gasteiger partial charge in [0.05, 0.1) is 5.54 Å². The molecule has 0 aromatic carbocycles. The lowest BCUT2D eigenvalue weighted by Crippen LogP contribution is -2.31. The van der Waals surface area contributed by atoms with Gasteiger partial charge in [0.1, 0.15) is 0 Å². The highest BCUT2D eigenvalue weighted by atomic mass is 15.1. The number of aromatic nitrogens is 1. The molecule has 1 aromatic rings. The fourth-order valence-electron chi connectivity index (χ4n) is 1.72. The van der Waals surface area contributed by atoms with Gasteiger partial charge in [-0.05, 0) is 32.0 Å². The molecule has 11 heavy (non-hydrogen) atoms. The highest BCUT2D eigenvalue weighted by molar-refractivity contribution is 5.00. The molecule has 2 heterocycles. The second-order valence-corrected chi connectivity index (χ2v) is 3.51. The minimum absolute atomic E-state index is 0.323. The molecule has 0 saturated carbocycles. The summed E-state index contributed by atoms with van der Waals surface area (Å²) in [5.41, 5.74) is 0.323. The first-order valence-corrected chi connectivity index (χ1v) is 4.15. The van der Waals surface area contributed by atoms with Gasteiger partial charge in [0.25, 0.3) is 0 Å². The topological polar surface area (TPSA) is 17.0 Å². The molecule has 0 bridgehead atoms. The Morgan fingerprint density at radius 1 is 1.36 bits per heavy atom. The van der Waals surface area contributed by atoms with Crippen molar-refractivity contribution in [2.45, 2.75) is 18.9 Å². The van der Waals surface area contributed by atoms with E-state index >= 15 is 0 Å². The van der Waals surface area contributed by atoms with E-state index in [1.165, 1.54) is 6.42 Å². The lowest BCUT2D eigenvalue weighted by Gasteiger charge is -2.24. The van der Waals surface area contributed by atoms with E-state index in [0.717, 1.165) is 13.1 Å². The second kappa shape index (κ2) is 2.38. The lowest BCUT2D eigenvalue weighted by atomic mass is 10.0. The molecule has 0 spiro atoms. The maximum absolute atomic E-state index is 3.38. The third-order valence-electron chi connectivity index (χ3n) is 2.57. The average molecular weight is 150 g/mol. The molecule has 0 amide bonds. The van der Waals surface area contributed by atoms with Crippen LogP contribution in [0.2, 0.25) is 0 Å². The molecule has 1 aliphatic heterocycles. The van der Waals surface area contributed by atoms with Crippen LogP contribution >= 0.6 is 0 Å². The van der Waals surface area contributed by atoms with Crippen molar-refractivity contribution in [2.24, 2.45) is 0 Å². The van der Waals surface area contributed by atoms with Crippen LogP contribution in [0.4, 0.5) is 0 Å². The van der Waals surface area contributed by atoms with Gasteiger partial charge in [-0.25, -0.2) is 0 Å². The number of hydrogen-bond donors (Lipinski definition) is 1. The molecule has 1 fully saturated rings. The Bertz CT molecular complexity index is 220. The maximum atomic E-state index is 3.38. The third kappa shape index (κ3) is 1.07. The Kier molecular flexibility index (Phi) is 1.50. The van der Waals surface area contributed by atoms with Gasteiger partial charge in [-0.1, -0.05) is 0 Å². The lowest BCUT2D eigenvalue weighted by molar-refractivity contribution is 0.355. The van der Waals surface area contributed by atoms with Crippen LogP contribution in [0, 0.1) is 0 Å². The van der Waals surface area contributed by atoms with E-state index in [1.807, 2.05) is 0 Å². The first kappa shape index (κ1) is 6.92. The van der Waals surface area contributed by atoms with Crippen molar-refractivity contribution in [1.29, 1.82) is 0 Å². The predicted molar refractivity (Wildman–Crippen MR) is 45.6 cm³/mol. The van der Waals surface area contributed by atoms with Crippen LogP contribution in [0.1, 0.15) is 13.3 Å². The normalized spacial score (nSPS) is 31.0. The first-order valence-electron chi connectivity index (χ1n) is 4.15. The van der Waals surface area contributed by atoms with Crippen molar-refractivity contribution < 1.29 is 0 Å². The van der Waals surface area contributed by atoms with E-state index < -0.39 is 0 Å². The van der Waals surface area contributed by atoms with Crippen LogP contribution < -0.4 is 5.32 Å². The molecule has 1 saturated heterocycles. The van der Waals surface area contributed by atoms with E-state index in [4.69, 9.17) is 0 Å². The van der Waals surface area contributed by atoms with Crippen molar-refractivity contribution in [3.8, 4) is 0 Å². The molecular formula is C9H14N2. The van der Waals surface area contributed by atoms with Gasteiger partial charge >= 0.3 is 0 Å². The van der Waals surface area contributed by atoms with Gasteiger partial charge in [-0.2, -0.15) is 0 Å². The van der Waals surface area contributed by atoms with Crippen LogP contribution in [0.5, 0.6) is 0 Å². The molecule has 1 aliphatic rings. The number of hydrogen-bond acceptors (Lipinski definition) is 1. The summed E-state index contributed by atoms with van der Waals surface area (Å²) >= 11 is 0. The Morgan fingerprint density at radius 3 is 2.64 bits per heavy atom. The standard InChI is InChI=1S/C9H14N2/c1-9(4-5-10-8-9)11-6-2-3-7-11/h2-3,6-7,10H,4-5,8H2,1H3. The van der Waals surface area contributed by atoms with Crippen LogP contribution in [-0.4, -0.2) is 17.7 Å². The minimum Gasteiger partial charge on any atom is -0.347 e. The summed E-state index contributed by atoms with van der Waals surface area (Å²) in [5.74, 6) is 0. The van der Waals surface area contributed by atoms with E-state index in [9.17, 15) is 0 Å². The Morgan fingerprint density at radius 2 is 2.09 bits per heavy atom. The van der Waals surface area contributed by atoms with Crippen LogP contribution in [0.3, 0.4) is 0 Å². The molecule has 1 N–H and O–H groups in total. The summed E-state index contributed by atoms with van der Waals surface area (Å²) in [6, 6.07) is 4.17. The molecule has 60 valence electrons. The predicted octanol–water partition coefficient (Wildman–Crippen LogP) is 1.20. The zero-order valence-electron chi connectivity index (χ0n) is 6.88. The zero-order valence-corrected chi connectivity index (χ0v) is 6.88. The van der Waals surface area contributed by atoms with Crippen molar-refractivity contribution in [3.05, 3.63) is 24.5 Å². The molecule has 1 aromatic heterocycles. The van der Waals surface area contributed by atoms with Gasteiger partial charge in [0.2, 0.25) is 0 Å². The largest absolute Gasteiger partial charge is 0.347 e. The molecule has 2 nitrogen and oxygen atoms in total. The third-order valence-corrected chi connectivity index (χ3v) is 2.57. The summed E-state index contributed by atoms with van der Waals surface area (Å²) in [7, 11) is 0. The molecule has 0 radical (unpaired) electrons. The quantitative estimate of drug-likeness (QED) is 0.636. The summed E-state index contributed by atoms with van der Waals surface area (Å²) in [5, 5.41) is 3.38. The molecular weight excluding hydrogens is 136 g/mol. The van der Waals surface area contributed by atoms with E-state index in [-0.39, 0.29) is 0 Å². The zero-order chi connectivity index (χ0) is 7.73. The summed E-state index contributed by atoms with van der Waals surface area (Å²) in [6.45, 7) is 4.54. The van der Waals surface area contributed by atoms with Crippen molar-refractivity contribution >= 4 is 0 Å². The van der Waals surface area contributed by atoms with Gasteiger partial charge in [-0.3, -0.25) is 0 Å². The fourth-order valence-corrected chi connectivity index (χ4v) is 1.72. The number of rotatable bonds is 1. The van der Waals surface area contributed by atoms with Gasteiger partial charge in [0, 0.05) is 18.9 Å². The van der Waals surface area contributed by atoms with E-state index in [2.05, 4.69) is 41.3 Å². The Balaban J connectivity index is 2.27. The van der Waals surface area contributed by atoms with Crippen molar-refractivity contribution in [2.75, 3.05) is 13.1 Å². The highest BCUT2D eigenvalue weighted by Gasteiger charge is 2.28.